The molecule has 2 amide bonds. The maximum atomic E-state index is 12.5. The van der Waals surface area contributed by atoms with Gasteiger partial charge in [-0.2, -0.15) is 0 Å². The lowest BCUT2D eigenvalue weighted by Gasteiger charge is -2.32. The van der Waals surface area contributed by atoms with Crippen molar-refractivity contribution in [3.05, 3.63) is 29.8 Å². The molecule has 0 spiro atoms. The zero-order chi connectivity index (χ0) is 21.4. The number of nitrogens with one attached hydrogen (secondary N) is 1. The zero-order valence-electron chi connectivity index (χ0n) is 18.7. The maximum Gasteiger partial charge on any atom is 0.412 e. The average Bonchev–Trinajstić information content (AvgIpc) is 2.66. The van der Waals surface area contributed by atoms with Crippen LogP contribution in [0.5, 0.6) is 0 Å². The van der Waals surface area contributed by atoms with Crippen molar-refractivity contribution >= 4 is 17.7 Å². The van der Waals surface area contributed by atoms with E-state index >= 15 is 0 Å². The van der Waals surface area contributed by atoms with Gasteiger partial charge < -0.3 is 14.5 Å². The van der Waals surface area contributed by atoms with Gasteiger partial charge in [-0.3, -0.25) is 10.1 Å². The lowest BCUT2D eigenvalue weighted by Crippen LogP contribution is -2.40. The van der Waals surface area contributed by atoms with Gasteiger partial charge in [-0.15, -0.1) is 0 Å². The molecule has 1 aromatic rings. The molecule has 0 aromatic heterocycles. The van der Waals surface area contributed by atoms with E-state index in [0.29, 0.717) is 18.2 Å². The second-order valence-electron chi connectivity index (χ2n) is 9.09. The van der Waals surface area contributed by atoms with Crippen LogP contribution in [0.4, 0.5) is 10.5 Å². The Morgan fingerprint density at radius 3 is 2.24 bits per heavy atom. The Kier molecular flexibility index (Phi) is 8.50. The second kappa shape index (κ2) is 10.6. The van der Waals surface area contributed by atoms with Gasteiger partial charge in [0.15, 0.2) is 0 Å². The topological polar surface area (TPSA) is 61.9 Å². The molecule has 1 saturated carbocycles. The quantitative estimate of drug-likeness (QED) is 0.737. The van der Waals surface area contributed by atoms with E-state index in [1.165, 1.54) is 32.1 Å². The van der Waals surface area contributed by atoms with E-state index in [9.17, 15) is 9.59 Å². The highest BCUT2D eigenvalue weighted by Gasteiger charge is 2.19. The Labute approximate surface area is 175 Å². The highest BCUT2D eigenvalue weighted by Crippen LogP contribution is 2.21. The largest absolute Gasteiger partial charge is 0.444 e. The summed E-state index contributed by atoms with van der Waals surface area (Å²) < 4.78 is 5.24. The van der Waals surface area contributed by atoms with E-state index in [1.54, 1.807) is 12.1 Å². The van der Waals surface area contributed by atoms with Crippen LogP contribution >= 0.6 is 0 Å². The van der Waals surface area contributed by atoms with Gasteiger partial charge in [0, 0.05) is 31.9 Å². The molecule has 1 fully saturated rings. The SMILES string of the molecule is CN(CCN(C)C1CCCCC1)C(=O)Cc1ccc(NC(=O)OC(C)(C)C)cc1. The predicted octanol–water partition coefficient (Wildman–Crippen LogP) is 4.30. The number of ether oxygens (including phenoxy) is 1. The van der Waals surface area contributed by atoms with E-state index in [2.05, 4.69) is 17.3 Å². The number of anilines is 1. The molecule has 0 atom stereocenters. The third kappa shape index (κ3) is 8.44. The fourth-order valence-electron chi connectivity index (χ4n) is 3.57. The lowest BCUT2D eigenvalue weighted by molar-refractivity contribution is -0.129. The van der Waals surface area contributed by atoms with Gasteiger partial charge in [0.2, 0.25) is 5.91 Å². The van der Waals surface area contributed by atoms with Crippen molar-refractivity contribution in [3.8, 4) is 0 Å². The van der Waals surface area contributed by atoms with Crippen molar-refractivity contribution in [2.24, 2.45) is 0 Å². The lowest BCUT2D eigenvalue weighted by atomic mass is 9.94. The molecule has 0 radical (unpaired) electrons. The van der Waals surface area contributed by atoms with Crippen LogP contribution in [0, 0.1) is 0 Å². The fraction of sp³-hybridized carbons (Fsp3) is 0.652. The molecule has 1 aliphatic carbocycles. The van der Waals surface area contributed by atoms with Gasteiger partial charge in [0.1, 0.15) is 5.60 Å². The third-order valence-electron chi connectivity index (χ3n) is 5.37. The van der Waals surface area contributed by atoms with E-state index in [-0.39, 0.29) is 5.91 Å². The number of rotatable bonds is 7. The Morgan fingerprint density at radius 2 is 1.66 bits per heavy atom. The van der Waals surface area contributed by atoms with Crippen molar-refractivity contribution in [3.63, 3.8) is 0 Å². The van der Waals surface area contributed by atoms with Gasteiger partial charge in [-0.05, 0) is 58.4 Å². The molecule has 1 aliphatic rings. The van der Waals surface area contributed by atoms with Crippen LogP contribution in [-0.2, 0) is 16.0 Å². The number of likely N-dealkylation sites (N-methyl/N-ethyl adjacent to an activating group) is 2. The van der Waals surface area contributed by atoms with Crippen molar-refractivity contribution in [2.75, 3.05) is 32.5 Å². The average molecular weight is 404 g/mol. The van der Waals surface area contributed by atoms with Crippen LogP contribution in [0.3, 0.4) is 0 Å². The summed E-state index contributed by atoms with van der Waals surface area (Å²) in [6, 6.07) is 7.99. The van der Waals surface area contributed by atoms with Gasteiger partial charge >= 0.3 is 6.09 Å². The first-order valence-corrected chi connectivity index (χ1v) is 10.7. The van der Waals surface area contributed by atoms with Crippen molar-refractivity contribution in [1.82, 2.24) is 9.80 Å². The summed E-state index contributed by atoms with van der Waals surface area (Å²) in [5.74, 6) is 0.106. The smallest absolute Gasteiger partial charge is 0.412 e. The molecule has 6 nitrogen and oxygen atoms in total. The molecule has 2 rings (SSSR count). The van der Waals surface area contributed by atoms with E-state index < -0.39 is 11.7 Å². The van der Waals surface area contributed by atoms with Gasteiger partial charge in [-0.1, -0.05) is 31.4 Å². The minimum Gasteiger partial charge on any atom is -0.444 e. The number of benzene rings is 1. The number of hydrogen-bond donors (Lipinski definition) is 1. The number of carbonyl (C=O) groups excluding carboxylic acids is 2. The number of nitrogens with zero attached hydrogens (tertiary/aromatic N) is 2. The van der Waals surface area contributed by atoms with Crippen LogP contribution in [0.1, 0.15) is 58.4 Å². The Balaban J connectivity index is 1.76. The first-order chi connectivity index (χ1) is 13.6. The molecule has 29 heavy (non-hydrogen) atoms. The maximum absolute atomic E-state index is 12.5. The summed E-state index contributed by atoms with van der Waals surface area (Å²) in [7, 11) is 4.04. The molecule has 1 aromatic carbocycles. The minimum absolute atomic E-state index is 0.106. The Bertz CT molecular complexity index is 661. The van der Waals surface area contributed by atoms with Crippen LogP contribution in [0.2, 0.25) is 0 Å². The normalized spacial score (nSPS) is 15.2. The van der Waals surface area contributed by atoms with Crippen LogP contribution in [0.25, 0.3) is 0 Å². The molecule has 0 unspecified atom stereocenters. The minimum atomic E-state index is -0.536. The summed E-state index contributed by atoms with van der Waals surface area (Å²) in [4.78, 5) is 28.6. The fourth-order valence-corrected chi connectivity index (χ4v) is 3.57. The number of amides is 2. The molecule has 0 aliphatic heterocycles. The molecule has 0 bridgehead atoms. The highest BCUT2D eigenvalue weighted by atomic mass is 16.6. The summed E-state index contributed by atoms with van der Waals surface area (Å²) in [6.07, 6.45) is 6.43. The molecular weight excluding hydrogens is 366 g/mol. The van der Waals surface area contributed by atoms with Gasteiger partial charge in [0.25, 0.3) is 0 Å². The van der Waals surface area contributed by atoms with Crippen molar-refractivity contribution < 1.29 is 14.3 Å². The van der Waals surface area contributed by atoms with Crippen LogP contribution in [-0.4, -0.2) is 60.6 Å². The number of hydrogen-bond acceptors (Lipinski definition) is 4. The van der Waals surface area contributed by atoms with Crippen LogP contribution < -0.4 is 5.32 Å². The summed E-state index contributed by atoms with van der Waals surface area (Å²) in [5.41, 5.74) is 1.04. The predicted molar refractivity (Wildman–Crippen MR) is 117 cm³/mol. The van der Waals surface area contributed by atoms with Crippen molar-refractivity contribution in [2.45, 2.75) is 70.9 Å². The standard InChI is InChI=1S/C23H37N3O3/c1-23(2,3)29-22(28)24-19-13-11-18(12-14-19)17-21(27)26(5)16-15-25(4)20-9-7-6-8-10-20/h11-14,20H,6-10,15-17H2,1-5H3,(H,24,28). The first kappa shape index (κ1) is 23.2. The molecular formula is C23H37N3O3. The van der Waals surface area contributed by atoms with Gasteiger partial charge in [0.05, 0.1) is 6.42 Å². The summed E-state index contributed by atoms with van der Waals surface area (Å²) >= 11 is 0. The Morgan fingerprint density at radius 1 is 1.03 bits per heavy atom. The van der Waals surface area contributed by atoms with Gasteiger partial charge in [-0.25, -0.2) is 4.79 Å². The van der Waals surface area contributed by atoms with E-state index in [0.717, 1.165) is 18.7 Å². The monoisotopic (exact) mass is 403 g/mol. The van der Waals surface area contributed by atoms with Crippen LogP contribution in [0.15, 0.2) is 24.3 Å². The first-order valence-electron chi connectivity index (χ1n) is 10.7. The Hall–Kier alpha value is -2.08. The zero-order valence-corrected chi connectivity index (χ0v) is 18.7. The van der Waals surface area contributed by atoms with E-state index in [4.69, 9.17) is 4.74 Å². The molecule has 6 heteroatoms. The second-order valence-corrected chi connectivity index (χ2v) is 9.09. The highest BCUT2D eigenvalue weighted by molar-refractivity contribution is 5.85. The number of carbonyl (C=O) groups is 2. The molecule has 162 valence electrons. The molecule has 1 N–H and O–H groups in total. The third-order valence-corrected chi connectivity index (χ3v) is 5.37. The molecule has 0 heterocycles. The molecule has 0 saturated heterocycles. The van der Waals surface area contributed by atoms with E-state index in [1.807, 2.05) is 44.9 Å². The van der Waals surface area contributed by atoms with Crippen molar-refractivity contribution in [1.29, 1.82) is 0 Å². The summed E-state index contributed by atoms with van der Waals surface area (Å²) in [5, 5.41) is 2.70. The summed E-state index contributed by atoms with van der Waals surface area (Å²) in [6.45, 7) is 7.12.